The van der Waals surface area contributed by atoms with Gasteiger partial charge >= 0.3 is 0 Å². The summed E-state index contributed by atoms with van der Waals surface area (Å²) < 4.78 is 8.13. The third-order valence-corrected chi connectivity index (χ3v) is 6.00. The van der Waals surface area contributed by atoms with E-state index in [9.17, 15) is 0 Å². The summed E-state index contributed by atoms with van der Waals surface area (Å²) in [5.74, 6) is 2.29. The van der Waals surface area contributed by atoms with Crippen molar-refractivity contribution in [3.05, 3.63) is 60.2 Å². The van der Waals surface area contributed by atoms with Crippen molar-refractivity contribution in [1.29, 1.82) is 0 Å². The molecule has 1 aliphatic heterocycles. The highest BCUT2D eigenvalue weighted by atomic mass is 16.5. The van der Waals surface area contributed by atoms with E-state index in [1.165, 1.54) is 5.69 Å². The van der Waals surface area contributed by atoms with Crippen LogP contribution in [0.2, 0.25) is 0 Å². The number of aromatic nitrogens is 4. The van der Waals surface area contributed by atoms with E-state index in [4.69, 9.17) is 10.5 Å². The Kier molecular flexibility index (Phi) is 5.03. The monoisotopic (exact) mass is 414 g/mol. The van der Waals surface area contributed by atoms with Crippen molar-refractivity contribution in [3.8, 4) is 22.8 Å². The standard InChI is InChI=1S/C24H26N6O/c1-15-4-3-5-19(29-15)31-18-8-6-16(7-9-18)20-21-23(25)27-14-28-24(21)30(2)22(20)17-10-12-26-13-11-17/h3-9,14,17,26H,10-13H2,1-2H3,(H2,25,27,28). The first-order valence-corrected chi connectivity index (χ1v) is 10.6. The molecule has 0 spiro atoms. The predicted octanol–water partition coefficient (Wildman–Crippen LogP) is 4.18. The van der Waals surface area contributed by atoms with Crippen LogP contribution >= 0.6 is 0 Å². The molecule has 1 aliphatic rings. The Morgan fingerprint density at radius 1 is 1.06 bits per heavy atom. The zero-order chi connectivity index (χ0) is 21.4. The van der Waals surface area contributed by atoms with Crippen LogP contribution in [0.5, 0.6) is 11.6 Å². The van der Waals surface area contributed by atoms with Crippen molar-refractivity contribution in [3.63, 3.8) is 0 Å². The number of fused-ring (bicyclic) bond motifs is 1. The fourth-order valence-electron chi connectivity index (χ4n) is 4.54. The minimum Gasteiger partial charge on any atom is -0.439 e. The Balaban J connectivity index is 1.59. The lowest BCUT2D eigenvalue weighted by Crippen LogP contribution is -2.27. The van der Waals surface area contributed by atoms with Crippen molar-refractivity contribution in [2.45, 2.75) is 25.7 Å². The van der Waals surface area contributed by atoms with Gasteiger partial charge in [0.05, 0.1) is 5.39 Å². The zero-order valence-electron chi connectivity index (χ0n) is 17.8. The second-order valence-corrected chi connectivity index (χ2v) is 8.04. The number of nitrogens with two attached hydrogens (primary N) is 1. The lowest BCUT2D eigenvalue weighted by Gasteiger charge is -2.25. The van der Waals surface area contributed by atoms with Crippen molar-refractivity contribution in [1.82, 2.24) is 24.8 Å². The lowest BCUT2D eigenvalue weighted by atomic mass is 9.89. The van der Waals surface area contributed by atoms with Gasteiger partial charge in [0.2, 0.25) is 5.88 Å². The van der Waals surface area contributed by atoms with Crippen LogP contribution in [-0.4, -0.2) is 32.6 Å². The van der Waals surface area contributed by atoms with Crippen LogP contribution in [0, 0.1) is 6.92 Å². The summed E-state index contributed by atoms with van der Waals surface area (Å²) in [6, 6.07) is 13.9. The maximum absolute atomic E-state index is 6.34. The van der Waals surface area contributed by atoms with Gasteiger partial charge in [0.1, 0.15) is 23.5 Å². The first-order chi connectivity index (χ1) is 15.1. The highest BCUT2D eigenvalue weighted by Gasteiger charge is 2.27. The number of aryl methyl sites for hydroxylation is 2. The van der Waals surface area contributed by atoms with Gasteiger partial charge in [-0.1, -0.05) is 18.2 Å². The molecule has 0 radical (unpaired) electrons. The molecule has 3 aromatic heterocycles. The van der Waals surface area contributed by atoms with Crippen molar-refractivity contribution in [2.75, 3.05) is 18.8 Å². The number of hydrogen-bond acceptors (Lipinski definition) is 6. The van der Waals surface area contributed by atoms with Crippen LogP contribution < -0.4 is 15.8 Å². The van der Waals surface area contributed by atoms with Crippen LogP contribution in [0.1, 0.15) is 30.1 Å². The molecule has 1 fully saturated rings. The quantitative estimate of drug-likeness (QED) is 0.521. The molecule has 5 rings (SSSR count). The van der Waals surface area contributed by atoms with E-state index in [1.54, 1.807) is 6.33 Å². The molecular weight excluding hydrogens is 388 g/mol. The molecule has 1 aromatic carbocycles. The number of benzene rings is 1. The third-order valence-electron chi connectivity index (χ3n) is 6.00. The molecule has 0 saturated carbocycles. The van der Waals surface area contributed by atoms with E-state index in [2.05, 4.69) is 44.0 Å². The first-order valence-electron chi connectivity index (χ1n) is 10.6. The van der Waals surface area contributed by atoms with Crippen molar-refractivity contribution >= 4 is 16.9 Å². The van der Waals surface area contributed by atoms with E-state index in [-0.39, 0.29) is 0 Å². The number of anilines is 1. The SMILES string of the molecule is Cc1cccc(Oc2ccc(-c3c(C4CCNCC4)n(C)c4ncnc(N)c34)cc2)n1. The molecule has 3 N–H and O–H groups in total. The summed E-state index contributed by atoms with van der Waals surface area (Å²) in [4.78, 5) is 13.2. The topological polar surface area (TPSA) is 90.9 Å². The van der Waals surface area contributed by atoms with E-state index in [0.717, 1.165) is 59.5 Å². The average Bonchev–Trinajstić information content (AvgIpc) is 3.09. The van der Waals surface area contributed by atoms with Gasteiger partial charge in [-0.05, 0) is 56.6 Å². The number of nitrogens with one attached hydrogen (secondary N) is 1. The number of nitrogen functional groups attached to an aromatic ring is 1. The Bertz CT molecular complexity index is 1230. The number of nitrogens with zero attached hydrogens (tertiary/aromatic N) is 4. The number of hydrogen-bond donors (Lipinski definition) is 2. The molecule has 0 unspecified atom stereocenters. The fourth-order valence-corrected chi connectivity index (χ4v) is 4.54. The Morgan fingerprint density at radius 2 is 1.84 bits per heavy atom. The minimum absolute atomic E-state index is 0.447. The maximum atomic E-state index is 6.34. The zero-order valence-corrected chi connectivity index (χ0v) is 17.8. The fraction of sp³-hybridized carbons (Fsp3) is 0.292. The van der Waals surface area contributed by atoms with E-state index in [1.807, 2.05) is 37.3 Å². The maximum Gasteiger partial charge on any atom is 0.219 e. The number of ether oxygens (including phenoxy) is 1. The highest BCUT2D eigenvalue weighted by molar-refractivity contribution is 6.02. The smallest absolute Gasteiger partial charge is 0.219 e. The van der Waals surface area contributed by atoms with Gasteiger partial charge in [-0.15, -0.1) is 0 Å². The largest absolute Gasteiger partial charge is 0.439 e. The van der Waals surface area contributed by atoms with Gasteiger partial charge in [0, 0.05) is 36.0 Å². The van der Waals surface area contributed by atoms with Crippen LogP contribution in [0.4, 0.5) is 5.82 Å². The molecule has 0 aliphatic carbocycles. The van der Waals surface area contributed by atoms with Crippen LogP contribution in [0.25, 0.3) is 22.2 Å². The van der Waals surface area contributed by atoms with Crippen molar-refractivity contribution in [2.24, 2.45) is 7.05 Å². The van der Waals surface area contributed by atoms with Crippen LogP contribution in [0.15, 0.2) is 48.8 Å². The summed E-state index contributed by atoms with van der Waals surface area (Å²) in [5.41, 5.74) is 11.6. The Morgan fingerprint density at radius 3 is 2.58 bits per heavy atom. The molecule has 0 amide bonds. The summed E-state index contributed by atoms with van der Waals surface area (Å²) in [6.07, 6.45) is 3.72. The lowest BCUT2D eigenvalue weighted by molar-refractivity contribution is 0.447. The number of rotatable bonds is 4. The predicted molar refractivity (Wildman–Crippen MR) is 122 cm³/mol. The molecule has 7 heteroatoms. The molecule has 0 atom stereocenters. The second kappa shape index (κ2) is 8.00. The van der Waals surface area contributed by atoms with Gasteiger partial charge in [0.25, 0.3) is 0 Å². The average molecular weight is 415 g/mol. The van der Waals surface area contributed by atoms with Crippen LogP contribution in [-0.2, 0) is 7.05 Å². The van der Waals surface area contributed by atoms with E-state index in [0.29, 0.717) is 17.6 Å². The molecule has 0 bridgehead atoms. The third kappa shape index (κ3) is 3.61. The van der Waals surface area contributed by atoms with E-state index < -0.39 is 0 Å². The summed E-state index contributed by atoms with van der Waals surface area (Å²) >= 11 is 0. The highest BCUT2D eigenvalue weighted by Crippen LogP contribution is 2.42. The molecular formula is C24H26N6O. The minimum atomic E-state index is 0.447. The normalized spacial score (nSPS) is 14.8. The van der Waals surface area contributed by atoms with Crippen molar-refractivity contribution < 1.29 is 4.74 Å². The van der Waals surface area contributed by atoms with Gasteiger partial charge in [-0.25, -0.2) is 15.0 Å². The number of piperidine rings is 1. The molecule has 158 valence electrons. The van der Waals surface area contributed by atoms with Gasteiger partial charge in [-0.3, -0.25) is 0 Å². The molecule has 7 nitrogen and oxygen atoms in total. The first kappa shape index (κ1) is 19.5. The Labute approximate surface area is 181 Å². The van der Waals surface area contributed by atoms with Gasteiger partial charge in [0.15, 0.2) is 0 Å². The van der Waals surface area contributed by atoms with Crippen LogP contribution in [0.3, 0.4) is 0 Å². The summed E-state index contributed by atoms with van der Waals surface area (Å²) in [7, 11) is 2.08. The molecule has 4 aromatic rings. The second-order valence-electron chi connectivity index (χ2n) is 8.04. The molecule has 4 heterocycles. The van der Waals surface area contributed by atoms with Gasteiger partial charge < -0.3 is 20.4 Å². The Hall–Kier alpha value is -3.45. The van der Waals surface area contributed by atoms with E-state index >= 15 is 0 Å². The molecule has 31 heavy (non-hydrogen) atoms. The number of pyridine rings is 1. The molecule has 1 saturated heterocycles. The summed E-state index contributed by atoms with van der Waals surface area (Å²) in [6.45, 7) is 3.98. The summed E-state index contributed by atoms with van der Waals surface area (Å²) in [5, 5.41) is 4.38. The van der Waals surface area contributed by atoms with Gasteiger partial charge in [-0.2, -0.15) is 0 Å².